The monoisotopic (exact) mass is 496 g/mol. The molecule has 7 heteroatoms. The molecule has 1 saturated heterocycles. The van der Waals surface area contributed by atoms with Gasteiger partial charge in [-0.25, -0.2) is 9.37 Å². The molecule has 1 amide bonds. The van der Waals surface area contributed by atoms with Crippen molar-refractivity contribution in [3.63, 3.8) is 0 Å². The Hall–Kier alpha value is -2.70. The maximum atomic E-state index is 13.8. The standard InChI is InChI=1S/C28H34ClFN4O/c1-18(2)31-27(35)17-22-14-21-15-23(34-11-5-10-33(12-13-34)19(3)4)7-9-26(21)32-28(22)20-6-8-25(30)24(29)16-20/h6-9,14-16,18-19H,5,10-13,17H2,1-4H3,(H,31,35). The maximum absolute atomic E-state index is 13.8. The molecule has 0 aliphatic carbocycles. The third-order valence-corrected chi connectivity index (χ3v) is 6.79. The SMILES string of the molecule is CC(C)NC(=O)Cc1cc2cc(N3CCCN(C(C)C)CC3)ccc2nc1-c1ccc(F)c(Cl)c1. The van der Waals surface area contributed by atoms with Crippen LogP contribution in [0.15, 0.2) is 42.5 Å². The second-order valence-corrected chi connectivity index (χ2v) is 10.3. The van der Waals surface area contributed by atoms with Crippen molar-refractivity contribution in [2.75, 3.05) is 31.1 Å². The van der Waals surface area contributed by atoms with Crippen molar-refractivity contribution in [3.05, 3.63) is 58.9 Å². The lowest BCUT2D eigenvalue weighted by Crippen LogP contribution is -2.35. The van der Waals surface area contributed by atoms with Crippen LogP contribution in [0.3, 0.4) is 0 Å². The molecule has 4 rings (SSSR count). The van der Waals surface area contributed by atoms with Gasteiger partial charge in [-0.2, -0.15) is 0 Å². The molecular formula is C28H34ClFN4O. The highest BCUT2D eigenvalue weighted by Crippen LogP contribution is 2.31. The zero-order valence-corrected chi connectivity index (χ0v) is 21.7. The molecule has 2 aromatic carbocycles. The van der Waals surface area contributed by atoms with E-state index in [4.69, 9.17) is 16.6 Å². The fraction of sp³-hybridized carbons (Fsp3) is 0.429. The van der Waals surface area contributed by atoms with Crippen molar-refractivity contribution >= 4 is 34.1 Å². The summed E-state index contributed by atoms with van der Waals surface area (Å²) in [7, 11) is 0. The van der Waals surface area contributed by atoms with Gasteiger partial charge in [0, 0.05) is 54.9 Å². The molecule has 1 fully saturated rings. The lowest BCUT2D eigenvalue weighted by Gasteiger charge is -2.26. The predicted molar refractivity (Wildman–Crippen MR) is 143 cm³/mol. The average Bonchev–Trinajstić information content (AvgIpc) is 3.06. The highest BCUT2D eigenvalue weighted by Gasteiger charge is 2.19. The van der Waals surface area contributed by atoms with Crippen LogP contribution in [-0.4, -0.2) is 54.1 Å². The van der Waals surface area contributed by atoms with Crippen LogP contribution in [-0.2, 0) is 11.2 Å². The molecule has 0 atom stereocenters. The van der Waals surface area contributed by atoms with Crippen LogP contribution in [0.25, 0.3) is 22.2 Å². The van der Waals surface area contributed by atoms with E-state index in [0.29, 0.717) is 17.3 Å². The summed E-state index contributed by atoms with van der Waals surface area (Å²) in [5.41, 5.74) is 4.12. The van der Waals surface area contributed by atoms with Gasteiger partial charge in [0.2, 0.25) is 5.91 Å². The third kappa shape index (κ3) is 6.11. The van der Waals surface area contributed by atoms with Crippen LogP contribution in [0, 0.1) is 5.82 Å². The lowest BCUT2D eigenvalue weighted by atomic mass is 10.00. The van der Waals surface area contributed by atoms with Crippen LogP contribution >= 0.6 is 11.6 Å². The number of rotatable bonds is 6. The number of hydrogen-bond donors (Lipinski definition) is 1. The Morgan fingerprint density at radius 1 is 1.06 bits per heavy atom. The fourth-order valence-corrected chi connectivity index (χ4v) is 4.87. The number of hydrogen-bond acceptors (Lipinski definition) is 4. The normalized spacial score (nSPS) is 15.1. The third-order valence-electron chi connectivity index (χ3n) is 6.50. The topological polar surface area (TPSA) is 48.5 Å². The van der Waals surface area contributed by atoms with Gasteiger partial charge < -0.3 is 10.2 Å². The second-order valence-electron chi connectivity index (χ2n) is 9.87. The van der Waals surface area contributed by atoms with Crippen molar-refractivity contribution in [2.24, 2.45) is 0 Å². The van der Waals surface area contributed by atoms with Crippen LogP contribution in [0.2, 0.25) is 5.02 Å². The summed E-state index contributed by atoms with van der Waals surface area (Å²) in [5.74, 6) is -0.554. The van der Waals surface area contributed by atoms with E-state index in [1.807, 2.05) is 26.0 Å². The summed E-state index contributed by atoms with van der Waals surface area (Å²) in [6.07, 6.45) is 1.31. The number of fused-ring (bicyclic) bond motifs is 1. The van der Waals surface area contributed by atoms with E-state index in [-0.39, 0.29) is 23.4 Å². The van der Waals surface area contributed by atoms with Gasteiger partial charge in [0.15, 0.2) is 0 Å². The van der Waals surface area contributed by atoms with E-state index >= 15 is 0 Å². The molecule has 1 N–H and O–H groups in total. The van der Waals surface area contributed by atoms with Crippen LogP contribution in [0.5, 0.6) is 0 Å². The van der Waals surface area contributed by atoms with E-state index in [2.05, 4.69) is 41.1 Å². The molecule has 0 unspecified atom stereocenters. The Kier molecular flexibility index (Phi) is 7.92. The smallest absolute Gasteiger partial charge is 0.224 e. The molecule has 2 heterocycles. The van der Waals surface area contributed by atoms with E-state index in [0.717, 1.165) is 49.1 Å². The molecule has 186 valence electrons. The van der Waals surface area contributed by atoms with Gasteiger partial charge in [0.1, 0.15) is 5.82 Å². The average molecular weight is 497 g/mol. The first-order valence-electron chi connectivity index (χ1n) is 12.4. The van der Waals surface area contributed by atoms with Crippen molar-refractivity contribution in [3.8, 4) is 11.3 Å². The second kappa shape index (κ2) is 10.9. The molecule has 0 bridgehead atoms. The number of aromatic nitrogens is 1. The van der Waals surface area contributed by atoms with Gasteiger partial charge in [0.25, 0.3) is 0 Å². The Bertz CT molecular complexity index is 1210. The number of pyridine rings is 1. The largest absolute Gasteiger partial charge is 0.370 e. The van der Waals surface area contributed by atoms with Crippen LogP contribution < -0.4 is 10.2 Å². The van der Waals surface area contributed by atoms with Gasteiger partial charge in [-0.1, -0.05) is 11.6 Å². The summed E-state index contributed by atoms with van der Waals surface area (Å²) in [6, 6.07) is 13.5. The molecule has 35 heavy (non-hydrogen) atoms. The summed E-state index contributed by atoms with van der Waals surface area (Å²) >= 11 is 6.07. The minimum absolute atomic E-state index is 0.0360. The first-order valence-corrected chi connectivity index (χ1v) is 12.8. The van der Waals surface area contributed by atoms with E-state index < -0.39 is 5.82 Å². The lowest BCUT2D eigenvalue weighted by molar-refractivity contribution is -0.120. The van der Waals surface area contributed by atoms with Gasteiger partial charge in [-0.15, -0.1) is 0 Å². The Morgan fingerprint density at radius 3 is 2.57 bits per heavy atom. The first kappa shape index (κ1) is 25.4. The molecular weight excluding hydrogens is 463 g/mol. The van der Waals surface area contributed by atoms with Gasteiger partial charge in [-0.05, 0) is 82.1 Å². The Morgan fingerprint density at radius 2 is 1.86 bits per heavy atom. The van der Waals surface area contributed by atoms with Crippen molar-refractivity contribution in [2.45, 2.75) is 52.6 Å². The molecule has 1 aromatic heterocycles. The van der Waals surface area contributed by atoms with E-state index in [9.17, 15) is 9.18 Å². The number of anilines is 1. The molecule has 1 aliphatic heterocycles. The van der Waals surface area contributed by atoms with E-state index in [1.165, 1.54) is 11.8 Å². The van der Waals surface area contributed by atoms with Gasteiger partial charge in [-0.3, -0.25) is 9.69 Å². The van der Waals surface area contributed by atoms with Crippen molar-refractivity contribution in [1.82, 2.24) is 15.2 Å². The van der Waals surface area contributed by atoms with Crippen LogP contribution in [0.4, 0.5) is 10.1 Å². The number of amides is 1. The summed E-state index contributed by atoms with van der Waals surface area (Å²) in [5, 5.41) is 3.98. The zero-order valence-electron chi connectivity index (χ0n) is 20.9. The quantitative estimate of drug-likeness (QED) is 0.477. The van der Waals surface area contributed by atoms with Crippen molar-refractivity contribution < 1.29 is 9.18 Å². The number of nitrogens with zero attached hydrogens (tertiary/aromatic N) is 3. The number of benzene rings is 2. The molecule has 0 spiro atoms. The van der Waals surface area contributed by atoms with Gasteiger partial charge >= 0.3 is 0 Å². The first-order chi connectivity index (χ1) is 16.7. The summed E-state index contributed by atoms with van der Waals surface area (Å²) in [6.45, 7) is 12.5. The Balaban J connectivity index is 1.72. The zero-order chi connectivity index (χ0) is 25.1. The minimum atomic E-state index is -0.478. The summed E-state index contributed by atoms with van der Waals surface area (Å²) in [4.78, 5) is 22.5. The summed E-state index contributed by atoms with van der Waals surface area (Å²) < 4.78 is 13.8. The highest BCUT2D eigenvalue weighted by molar-refractivity contribution is 6.31. The highest BCUT2D eigenvalue weighted by atomic mass is 35.5. The minimum Gasteiger partial charge on any atom is -0.370 e. The molecule has 0 saturated carbocycles. The molecule has 5 nitrogen and oxygen atoms in total. The van der Waals surface area contributed by atoms with Crippen molar-refractivity contribution in [1.29, 1.82) is 0 Å². The Labute approximate surface area is 212 Å². The number of nitrogens with one attached hydrogen (secondary N) is 1. The molecule has 3 aromatic rings. The molecule has 0 radical (unpaired) electrons. The fourth-order valence-electron chi connectivity index (χ4n) is 4.69. The molecule has 1 aliphatic rings. The number of halogens is 2. The number of carbonyl (C=O) groups is 1. The van der Waals surface area contributed by atoms with Crippen LogP contribution in [0.1, 0.15) is 39.7 Å². The van der Waals surface area contributed by atoms with E-state index in [1.54, 1.807) is 12.1 Å². The number of carbonyl (C=O) groups excluding carboxylic acids is 1. The maximum Gasteiger partial charge on any atom is 0.224 e. The van der Waals surface area contributed by atoms with Gasteiger partial charge in [0.05, 0.1) is 22.7 Å². The predicted octanol–water partition coefficient (Wildman–Crippen LogP) is 5.68.